The van der Waals surface area contributed by atoms with Crippen molar-refractivity contribution in [3.8, 4) is 5.69 Å². The van der Waals surface area contributed by atoms with Crippen LogP contribution < -0.4 is 5.32 Å². The van der Waals surface area contributed by atoms with Gasteiger partial charge in [0.1, 0.15) is 11.6 Å². The normalized spacial score (nSPS) is 16.6. The van der Waals surface area contributed by atoms with Crippen molar-refractivity contribution in [1.29, 1.82) is 0 Å². The molecular weight excluding hydrogens is 444 g/mol. The second kappa shape index (κ2) is 8.69. The van der Waals surface area contributed by atoms with E-state index in [4.69, 9.17) is 0 Å². The molecule has 6 heteroatoms. The van der Waals surface area contributed by atoms with Gasteiger partial charge in [-0.25, -0.2) is 13.6 Å². The number of anilines is 1. The van der Waals surface area contributed by atoms with Gasteiger partial charge in [-0.2, -0.15) is 0 Å². The zero-order valence-electron chi connectivity index (χ0n) is 19.2. The van der Waals surface area contributed by atoms with E-state index >= 15 is 0 Å². The number of carbonyl (C=O) groups excluding carboxylic acids is 1. The highest BCUT2D eigenvalue weighted by Crippen LogP contribution is 2.38. The molecule has 0 saturated heterocycles. The maximum atomic E-state index is 14.3. The molecule has 4 nitrogen and oxygen atoms in total. The van der Waals surface area contributed by atoms with E-state index in [-0.39, 0.29) is 6.03 Å². The monoisotopic (exact) mass is 469 g/mol. The van der Waals surface area contributed by atoms with Gasteiger partial charge in [0.15, 0.2) is 0 Å². The topological polar surface area (TPSA) is 37.3 Å². The summed E-state index contributed by atoms with van der Waals surface area (Å²) in [5, 5.41) is 3.14. The first-order valence-corrected chi connectivity index (χ1v) is 12.0. The van der Waals surface area contributed by atoms with Crippen molar-refractivity contribution in [2.24, 2.45) is 0 Å². The number of nitrogens with one attached hydrogen (secondary N) is 1. The Morgan fingerprint density at radius 1 is 0.857 bits per heavy atom. The fourth-order valence-electron chi connectivity index (χ4n) is 5.51. The summed E-state index contributed by atoms with van der Waals surface area (Å²) in [7, 11) is 0. The highest BCUT2D eigenvalue weighted by atomic mass is 19.1. The van der Waals surface area contributed by atoms with Crippen molar-refractivity contribution in [1.82, 2.24) is 9.47 Å². The van der Waals surface area contributed by atoms with Gasteiger partial charge in [0.2, 0.25) is 0 Å². The third-order valence-electron chi connectivity index (χ3n) is 7.06. The van der Waals surface area contributed by atoms with E-state index in [0.29, 0.717) is 12.1 Å². The molecule has 1 aliphatic carbocycles. The van der Waals surface area contributed by atoms with Crippen LogP contribution in [-0.4, -0.2) is 15.5 Å². The Morgan fingerprint density at radius 3 is 2.49 bits per heavy atom. The largest absolute Gasteiger partial charge is 0.322 e. The molecule has 35 heavy (non-hydrogen) atoms. The van der Waals surface area contributed by atoms with Gasteiger partial charge < -0.3 is 14.8 Å². The van der Waals surface area contributed by atoms with Gasteiger partial charge in [-0.1, -0.05) is 30.3 Å². The number of carbonyl (C=O) groups is 1. The summed E-state index contributed by atoms with van der Waals surface area (Å²) < 4.78 is 30.7. The average molecular weight is 470 g/mol. The first-order chi connectivity index (χ1) is 17.1. The summed E-state index contributed by atoms with van der Waals surface area (Å²) in [5.74, 6) is -1.34. The van der Waals surface area contributed by atoms with Gasteiger partial charge in [0, 0.05) is 23.6 Å². The minimum absolute atomic E-state index is 0.293. The number of fused-ring (bicyclic) bond motifs is 4. The smallest absolute Gasteiger partial charge is 0.318 e. The standard InChI is InChI=1S/C29H25F2N3O/c30-22-15-21(16-23(31)17-22)28-27-13-6-14-33(27)26-12-4-2-8-20(26)18-34(28)29(35)32-25-11-5-9-19-7-1-3-10-24(19)25/h2,4-6,8-9,11-17,28H,1,3,7,10,18H2,(H,32,35)/t28-/m1/s1. The molecule has 3 aromatic carbocycles. The molecule has 4 aromatic rings. The highest BCUT2D eigenvalue weighted by Gasteiger charge is 2.34. The highest BCUT2D eigenvalue weighted by molar-refractivity contribution is 5.91. The number of aryl methyl sites for hydroxylation is 1. The maximum Gasteiger partial charge on any atom is 0.322 e. The molecule has 0 unspecified atom stereocenters. The van der Waals surface area contributed by atoms with Gasteiger partial charge in [-0.05, 0) is 84.3 Å². The third-order valence-corrected chi connectivity index (χ3v) is 7.06. The average Bonchev–Trinajstić information content (AvgIpc) is 3.27. The Bertz CT molecular complexity index is 1410. The van der Waals surface area contributed by atoms with Crippen molar-refractivity contribution < 1.29 is 13.6 Å². The molecule has 0 saturated carbocycles. The molecule has 1 aromatic heterocycles. The SMILES string of the molecule is O=C(Nc1cccc2c1CCCC2)N1Cc2ccccc2-n2cccc2[C@H]1c1cc(F)cc(F)c1. The number of amides is 2. The van der Waals surface area contributed by atoms with E-state index in [1.165, 1.54) is 23.3 Å². The predicted octanol–water partition coefficient (Wildman–Crippen LogP) is 6.77. The van der Waals surface area contributed by atoms with Gasteiger partial charge in [0.05, 0.1) is 18.3 Å². The molecule has 0 bridgehead atoms. The van der Waals surface area contributed by atoms with Crippen LogP contribution in [0.25, 0.3) is 5.69 Å². The lowest BCUT2D eigenvalue weighted by atomic mass is 9.90. The van der Waals surface area contributed by atoms with Crippen LogP contribution in [-0.2, 0) is 19.4 Å². The Kier molecular flexibility index (Phi) is 5.36. The molecule has 0 spiro atoms. The van der Waals surface area contributed by atoms with E-state index in [1.807, 2.05) is 59.3 Å². The van der Waals surface area contributed by atoms with Crippen LogP contribution in [0.1, 0.15) is 46.8 Å². The summed E-state index contributed by atoms with van der Waals surface area (Å²) in [6.45, 7) is 0.293. The zero-order chi connectivity index (χ0) is 23.9. The zero-order valence-corrected chi connectivity index (χ0v) is 19.2. The molecule has 1 aliphatic heterocycles. The van der Waals surface area contributed by atoms with Gasteiger partial charge in [-0.3, -0.25) is 0 Å². The quantitative estimate of drug-likeness (QED) is 0.346. The van der Waals surface area contributed by atoms with E-state index in [9.17, 15) is 13.6 Å². The number of para-hydroxylation sites is 1. The number of hydrogen-bond donors (Lipinski definition) is 1. The fourth-order valence-corrected chi connectivity index (χ4v) is 5.51. The predicted molar refractivity (Wildman–Crippen MR) is 132 cm³/mol. The van der Waals surface area contributed by atoms with Crippen molar-refractivity contribution in [3.63, 3.8) is 0 Å². The summed E-state index contributed by atoms with van der Waals surface area (Å²) in [6, 6.07) is 20.2. The number of rotatable bonds is 2. The number of hydrogen-bond acceptors (Lipinski definition) is 1. The molecule has 2 amide bonds. The van der Waals surface area contributed by atoms with E-state index in [2.05, 4.69) is 11.4 Å². The Balaban J connectivity index is 1.47. The summed E-state index contributed by atoms with van der Waals surface area (Å²) in [6.07, 6.45) is 6.10. The molecular formula is C29H25F2N3O. The lowest BCUT2D eigenvalue weighted by Gasteiger charge is -2.31. The molecule has 2 aliphatic rings. The second-order valence-electron chi connectivity index (χ2n) is 9.25. The number of benzene rings is 3. The minimum atomic E-state index is -0.679. The third kappa shape index (κ3) is 3.89. The van der Waals surface area contributed by atoms with E-state index in [1.54, 1.807) is 4.90 Å². The molecule has 0 fully saturated rings. The van der Waals surface area contributed by atoms with Crippen LogP contribution in [0.5, 0.6) is 0 Å². The summed E-state index contributed by atoms with van der Waals surface area (Å²) >= 11 is 0. The van der Waals surface area contributed by atoms with Crippen molar-refractivity contribution in [2.45, 2.75) is 38.3 Å². The molecule has 6 rings (SSSR count). The van der Waals surface area contributed by atoms with Crippen LogP contribution in [0.4, 0.5) is 19.3 Å². The number of halogens is 2. The first kappa shape index (κ1) is 21.6. The van der Waals surface area contributed by atoms with Crippen LogP contribution in [0.15, 0.2) is 79.0 Å². The lowest BCUT2D eigenvalue weighted by Crippen LogP contribution is -2.38. The second-order valence-corrected chi connectivity index (χ2v) is 9.25. The number of urea groups is 1. The first-order valence-electron chi connectivity index (χ1n) is 12.0. The number of nitrogens with zero attached hydrogens (tertiary/aromatic N) is 2. The Hall–Kier alpha value is -3.93. The Labute approximate surface area is 202 Å². The molecule has 176 valence electrons. The van der Waals surface area contributed by atoms with Crippen LogP contribution in [0, 0.1) is 11.6 Å². The number of aromatic nitrogens is 1. The lowest BCUT2D eigenvalue weighted by molar-refractivity contribution is 0.194. The van der Waals surface area contributed by atoms with Crippen molar-refractivity contribution >= 4 is 11.7 Å². The molecule has 1 N–H and O–H groups in total. The van der Waals surface area contributed by atoms with Gasteiger partial charge >= 0.3 is 6.03 Å². The Morgan fingerprint density at radius 2 is 1.63 bits per heavy atom. The van der Waals surface area contributed by atoms with Crippen molar-refractivity contribution in [2.75, 3.05) is 5.32 Å². The van der Waals surface area contributed by atoms with Crippen LogP contribution in [0.2, 0.25) is 0 Å². The van der Waals surface area contributed by atoms with Gasteiger partial charge in [-0.15, -0.1) is 0 Å². The summed E-state index contributed by atoms with van der Waals surface area (Å²) in [5.41, 5.74) is 6.32. The molecule has 0 radical (unpaired) electrons. The summed E-state index contributed by atoms with van der Waals surface area (Å²) in [4.78, 5) is 15.6. The van der Waals surface area contributed by atoms with E-state index in [0.717, 1.165) is 54.4 Å². The molecule has 1 atom stereocenters. The van der Waals surface area contributed by atoms with E-state index < -0.39 is 17.7 Å². The molecule has 2 heterocycles. The van der Waals surface area contributed by atoms with Crippen LogP contribution in [0.3, 0.4) is 0 Å². The maximum absolute atomic E-state index is 14.3. The van der Waals surface area contributed by atoms with Gasteiger partial charge in [0.25, 0.3) is 0 Å². The fraction of sp³-hybridized carbons (Fsp3) is 0.207. The minimum Gasteiger partial charge on any atom is -0.318 e. The van der Waals surface area contributed by atoms with Crippen LogP contribution >= 0.6 is 0 Å². The van der Waals surface area contributed by atoms with Crippen molar-refractivity contribution in [3.05, 3.63) is 119 Å².